The van der Waals surface area contributed by atoms with Gasteiger partial charge in [0.1, 0.15) is 23.0 Å². The van der Waals surface area contributed by atoms with E-state index >= 15 is 0 Å². The number of anilines is 1. The number of carbonyl (C=O) groups is 1. The first-order valence-corrected chi connectivity index (χ1v) is 11.5. The Labute approximate surface area is 183 Å². The smallest absolute Gasteiger partial charge is 0.339 e. The third-order valence-corrected chi connectivity index (χ3v) is 6.36. The molecule has 0 spiro atoms. The molecule has 0 atom stereocenters. The van der Waals surface area contributed by atoms with Crippen LogP contribution in [0.5, 0.6) is 11.5 Å². The van der Waals surface area contributed by atoms with Gasteiger partial charge in [0.25, 0.3) is 0 Å². The van der Waals surface area contributed by atoms with Crippen molar-refractivity contribution in [2.75, 3.05) is 51.4 Å². The van der Waals surface area contributed by atoms with Crippen molar-refractivity contribution >= 4 is 21.7 Å². The van der Waals surface area contributed by atoms with Crippen molar-refractivity contribution in [1.82, 2.24) is 4.90 Å². The highest BCUT2D eigenvalue weighted by Crippen LogP contribution is 2.26. The topological polar surface area (TPSA) is 85.4 Å². The molecular formula is C22H28N2O6S. The minimum Gasteiger partial charge on any atom is -0.491 e. The van der Waals surface area contributed by atoms with Crippen molar-refractivity contribution < 1.29 is 26.9 Å². The Morgan fingerprint density at radius 3 is 2.26 bits per heavy atom. The van der Waals surface area contributed by atoms with Crippen LogP contribution >= 0.6 is 0 Å². The van der Waals surface area contributed by atoms with E-state index in [4.69, 9.17) is 13.7 Å². The molecule has 9 heteroatoms. The SMILES string of the molecule is COCCOc1ccc(S(=O)(=O)Oc2ccc(N3CCN(C(C)=O)CC3)cc2)cc1C. The predicted octanol–water partition coefficient (Wildman–Crippen LogP) is 2.46. The van der Waals surface area contributed by atoms with Gasteiger partial charge in [-0.25, -0.2) is 0 Å². The molecule has 0 unspecified atom stereocenters. The minimum absolute atomic E-state index is 0.0634. The number of piperazine rings is 1. The summed E-state index contributed by atoms with van der Waals surface area (Å²) in [6.07, 6.45) is 0. The van der Waals surface area contributed by atoms with Crippen LogP contribution in [0.2, 0.25) is 0 Å². The third-order valence-electron chi connectivity index (χ3n) is 5.11. The number of amides is 1. The zero-order valence-corrected chi connectivity index (χ0v) is 18.9. The number of aryl methyl sites for hydroxylation is 1. The molecule has 3 rings (SSSR count). The van der Waals surface area contributed by atoms with Gasteiger partial charge in [-0.2, -0.15) is 8.42 Å². The highest BCUT2D eigenvalue weighted by molar-refractivity contribution is 7.87. The fourth-order valence-electron chi connectivity index (χ4n) is 3.34. The summed E-state index contributed by atoms with van der Waals surface area (Å²) in [7, 11) is -2.38. The van der Waals surface area contributed by atoms with Crippen LogP contribution in [0.3, 0.4) is 0 Å². The lowest BCUT2D eigenvalue weighted by atomic mass is 10.2. The molecule has 0 aromatic heterocycles. The molecule has 2 aromatic rings. The molecule has 1 fully saturated rings. The maximum Gasteiger partial charge on any atom is 0.339 e. The van der Waals surface area contributed by atoms with Gasteiger partial charge in [0, 0.05) is 45.9 Å². The number of hydrogen-bond donors (Lipinski definition) is 0. The van der Waals surface area contributed by atoms with Crippen LogP contribution < -0.4 is 13.8 Å². The molecule has 168 valence electrons. The highest BCUT2D eigenvalue weighted by atomic mass is 32.2. The van der Waals surface area contributed by atoms with Gasteiger partial charge >= 0.3 is 10.1 Å². The summed E-state index contributed by atoms with van der Waals surface area (Å²) >= 11 is 0. The molecule has 1 amide bonds. The summed E-state index contributed by atoms with van der Waals surface area (Å²) < 4.78 is 41.2. The van der Waals surface area contributed by atoms with E-state index in [9.17, 15) is 13.2 Å². The highest BCUT2D eigenvalue weighted by Gasteiger charge is 2.20. The van der Waals surface area contributed by atoms with E-state index in [1.54, 1.807) is 39.2 Å². The van der Waals surface area contributed by atoms with Crippen LogP contribution in [0, 0.1) is 6.92 Å². The van der Waals surface area contributed by atoms with Crippen LogP contribution in [0.1, 0.15) is 12.5 Å². The lowest BCUT2D eigenvalue weighted by Gasteiger charge is -2.35. The second kappa shape index (κ2) is 10.0. The van der Waals surface area contributed by atoms with Crippen LogP contribution in [0.4, 0.5) is 5.69 Å². The first-order chi connectivity index (χ1) is 14.8. The van der Waals surface area contributed by atoms with Gasteiger partial charge < -0.3 is 23.5 Å². The molecule has 2 aromatic carbocycles. The van der Waals surface area contributed by atoms with E-state index in [0.717, 1.165) is 18.8 Å². The van der Waals surface area contributed by atoms with Gasteiger partial charge in [0.2, 0.25) is 5.91 Å². The van der Waals surface area contributed by atoms with Gasteiger partial charge in [0.15, 0.2) is 0 Å². The molecule has 0 bridgehead atoms. The molecule has 0 N–H and O–H groups in total. The van der Waals surface area contributed by atoms with Gasteiger partial charge in [-0.05, 0) is 55.0 Å². The normalized spacial score (nSPS) is 14.4. The predicted molar refractivity (Wildman–Crippen MR) is 117 cm³/mol. The van der Waals surface area contributed by atoms with Crippen LogP contribution in [-0.2, 0) is 19.6 Å². The van der Waals surface area contributed by atoms with Crippen molar-refractivity contribution in [3.63, 3.8) is 0 Å². The number of carbonyl (C=O) groups excluding carboxylic acids is 1. The van der Waals surface area contributed by atoms with E-state index in [2.05, 4.69) is 4.90 Å². The molecular weight excluding hydrogens is 420 g/mol. The Kier molecular flexibility index (Phi) is 7.40. The third kappa shape index (κ3) is 5.89. The largest absolute Gasteiger partial charge is 0.491 e. The summed E-state index contributed by atoms with van der Waals surface area (Å²) in [6.45, 7) is 7.00. The Bertz CT molecular complexity index is 999. The molecule has 0 saturated carbocycles. The molecule has 1 aliphatic heterocycles. The standard InChI is InChI=1S/C22H28N2O6S/c1-17-16-21(8-9-22(17)29-15-14-28-3)31(26,27)30-20-6-4-19(5-7-20)24-12-10-23(11-13-24)18(2)25/h4-9,16H,10-15H2,1-3H3. The Morgan fingerprint density at radius 1 is 1.00 bits per heavy atom. The fraction of sp³-hybridized carbons (Fsp3) is 0.409. The zero-order valence-electron chi connectivity index (χ0n) is 18.0. The summed E-state index contributed by atoms with van der Waals surface area (Å²) in [4.78, 5) is 15.5. The Hall–Kier alpha value is -2.78. The lowest BCUT2D eigenvalue weighted by molar-refractivity contribution is -0.129. The summed E-state index contributed by atoms with van der Waals surface area (Å²) in [5.41, 5.74) is 1.65. The van der Waals surface area contributed by atoms with Crippen molar-refractivity contribution in [2.45, 2.75) is 18.7 Å². The number of rotatable bonds is 8. The Morgan fingerprint density at radius 2 is 1.68 bits per heavy atom. The second-order valence-corrected chi connectivity index (χ2v) is 8.84. The molecule has 0 aliphatic carbocycles. The quantitative estimate of drug-likeness (QED) is 0.453. The second-order valence-electron chi connectivity index (χ2n) is 7.29. The van der Waals surface area contributed by atoms with E-state index < -0.39 is 10.1 Å². The molecule has 8 nitrogen and oxygen atoms in total. The Balaban J connectivity index is 1.64. The van der Waals surface area contributed by atoms with E-state index in [1.165, 1.54) is 12.1 Å². The minimum atomic E-state index is -3.97. The maximum absolute atomic E-state index is 12.7. The molecule has 1 saturated heterocycles. The van der Waals surface area contributed by atoms with Crippen molar-refractivity contribution in [3.05, 3.63) is 48.0 Å². The molecule has 0 radical (unpaired) electrons. The van der Waals surface area contributed by atoms with Gasteiger partial charge in [-0.3, -0.25) is 4.79 Å². The summed E-state index contributed by atoms with van der Waals surface area (Å²) in [5, 5.41) is 0. The number of ether oxygens (including phenoxy) is 2. The van der Waals surface area contributed by atoms with Crippen molar-refractivity contribution in [2.24, 2.45) is 0 Å². The molecule has 1 aliphatic rings. The number of methoxy groups -OCH3 is 1. The average molecular weight is 449 g/mol. The van der Waals surface area contributed by atoms with Crippen LogP contribution in [0.25, 0.3) is 0 Å². The molecule has 1 heterocycles. The van der Waals surface area contributed by atoms with E-state index in [-0.39, 0.29) is 16.6 Å². The summed E-state index contributed by atoms with van der Waals surface area (Å²) in [5.74, 6) is 0.924. The first kappa shape index (κ1) is 22.9. The lowest BCUT2D eigenvalue weighted by Crippen LogP contribution is -2.48. The number of benzene rings is 2. The average Bonchev–Trinajstić information content (AvgIpc) is 2.75. The van der Waals surface area contributed by atoms with Gasteiger partial charge in [-0.1, -0.05) is 0 Å². The molecule has 31 heavy (non-hydrogen) atoms. The maximum atomic E-state index is 12.7. The van der Waals surface area contributed by atoms with Crippen molar-refractivity contribution in [1.29, 1.82) is 0 Å². The van der Waals surface area contributed by atoms with Gasteiger partial charge in [0.05, 0.1) is 6.61 Å². The van der Waals surface area contributed by atoms with E-state index in [0.29, 0.717) is 37.6 Å². The number of nitrogens with zero attached hydrogens (tertiary/aromatic N) is 2. The zero-order chi connectivity index (χ0) is 22.4. The van der Waals surface area contributed by atoms with Crippen LogP contribution in [-0.4, -0.2) is 65.7 Å². The summed E-state index contributed by atoms with van der Waals surface area (Å²) in [6, 6.07) is 11.5. The fourth-order valence-corrected chi connectivity index (χ4v) is 4.36. The van der Waals surface area contributed by atoms with Crippen LogP contribution in [0.15, 0.2) is 47.4 Å². The number of hydrogen-bond acceptors (Lipinski definition) is 7. The van der Waals surface area contributed by atoms with Gasteiger partial charge in [-0.15, -0.1) is 0 Å². The van der Waals surface area contributed by atoms with E-state index in [1.807, 2.05) is 17.0 Å². The monoisotopic (exact) mass is 448 g/mol. The first-order valence-electron chi connectivity index (χ1n) is 10.1. The van der Waals surface area contributed by atoms with Crippen molar-refractivity contribution in [3.8, 4) is 11.5 Å².